The van der Waals surface area contributed by atoms with Crippen LogP contribution in [-0.2, 0) is 9.59 Å². The molecule has 0 aromatic heterocycles. The first-order valence-corrected chi connectivity index (χ1v) is 8.22. The number of carbonyl (C=O) groups excluding carboxylic acids is 2. The van der Waals surface area contributed by atoms with Crippen LogP contribution in [0.3, 0.4) is 0 Å². The van der Waals surface area contributed by atoms with Crippen molar-refractivity contribution in [3.8, 4) is 11.5 Å². The van der Waals surface area contributed by atoms with Gasteiger partial charge in [0.15, 0.2) is 11.5 Å². The van der Waals surface area contributed by atoms with Crippen molar-refractivity contribution in [3.63, 3.8) is 0 Å². The molecule has 4 rings (SSSR count). The lowest BCUT2D eigenvalue weighted by Gasteiger charge is -2.29. The van der Waals surface area contributed by atoms with Crippen molar-refractivity contribution in [1.29, 1.82) is 0 Å². The van der Waals surface area contributed by atoms with E-state index in [1.165, 1.54) is 0 Å². The molecule has 3 aliphatic heterocycles. The molecule has 0 saturated carbocycles. The normalized spacial score (nSPS) is 28.9. The van der Waals surface area contributed by atoms with E-state index in [0.29, 0.717) is 29.4 Å². The SMILES string of the molecule is C[C@@]12CCC(=O)N1[C@@H](C(=O)Nc1ccc3c(c1)OCO3)CS2. The molecule has 2 fully saturated rings. The zero-order valence-corrected chi connectivity index (χ0v) is 12.9. The fourth-order valence-corrected chi connectivity index (χ4v) is 4.65. The number of thioether (sulfide) groups is 1. The van der Waals surface area contributed by atoms with Crippen LogP contribution in [0.4, 0.5) is 5.69 Å². The van der Waals surface area contributed by atoms with E-state index >= 15 is 0 Å². The maximum absolute atomic E-state index is 12.6. The first-order valence-electron chi connectivity index (χ1n) is 7.23. The summed E-state index contributed by atoms with van der Waals surface area (Å²) in [6.07, 6.45) is 1.33. The van der Waals surface area contributed by atoms with Gasteiger partial charge >= 0.3 is 0 Å². The van der Waals surface area contributed by atoms with Gasteiger partial charge in [-0.2, -0.15) is 0 Å². The predicted molar refractivity (Wildman–Crippen MR) is 81.9 cm³/mol. The van der Waals surface area contributed by atoms with Gasteiger partial charge in [-0.05, 0) is 25.5 Å². The van der Waals surface area contributed by atoms with E-state index in [1.54, 1.807) is 34.9 Å². The summed E-state index contributed by atoms with van der Waals surface area (Å²) < 4.78 is 10.6. The Morgan fingerprint density at radius 1 is 1.41 bits per heavy atom. The van der Waals surface area contributed by atoms with E-state index in [-0.39, 0.29) is 23.5 Å². The van der Waals surface area contributed by atoms with Crippen LogP contribution in [0.2, 0.25) is 0 Å². The van der Waals surface area contributed by atoms with Gasteiger partial charge < -0.3 is 19.7 Å². The lowest BCUT2D eigenvalue weighted by Crippen LogP contribution is -2.48. The Morgan fingerprint density at radius 3 is 3.09 bits per heavy atom. The van der Waals surface area contributed by atoms with Crippen molar-refractivity contribution in [3.05, 3.63) is 18.2 Å². The van der Waals surface area contributed by atoms with E-state index < -0.39 is 6.04 Å². The number of rotatable bonds is 2. The number of carbonyl (C=O) groups is 2. The highest BCUT2D eigenvalue weighted by Crippen LogP contribution is 2.47. The molecule has 116 valence electrons. The van der Waals surface area contributed by atoms with Crippen LogP contribution in [0.1, 0.15) is 19.8 Å². The van der Waals surface area contributed by atoms with Crippen molar-refractivity contribution >= 4 is 29.3 Å². The van der Waals surface area contributed by atoms with E-state index in [0.717, 1.165) is 6.42 Å². The maximum atomic E-state index is 12.6. The second-order valence-electron chi connectivity index (χ2n) is 5.82. The number of hydrogen-bond acceptors (Lipinski definition) is 5. The van der Waals surface area contributed by atoms with Crippen molar-refractivity contribution in [2.75, 3.05) is 17.9 Å². The molecule has 22 heavy (non-hydrogen) atoms. The quantitative estimate of drug-likeness (QED) is 0.900. The lowest BCUT2D eigenvalue weighted by atomic mass is 10.2. The van der Waals surface area contributed by atoms with Gasteiger partial charge in [-0.1, -0.05) is 0 Å². The zero-order valence-electron chi connectivity index (χ0n) is 12.1. The molecule has 7 heteroatoms. The average molecular weight is 320 g/mol. The Balaban J connectivity index is 1.52. The first kappa shape index (κ1) is 13.8. The van der Waals surface area contributed by atoms with E-state index in [4.69, 9.17) is 9.47 Å². The summed E-state index contributed by atoms with van der Waals surface area (Å²) in [4.78, 5) is 26.2. The smallest absolute Gasteiger partial charge is 0.248 e. The van der Waals surface area contributed by atoms with Crippen LogP contribution in [-0.4, -0.2) is 40.2 Å². The van der Waals surface area contributed by atoms with Crippen LogP contribution in [0.5, 0.6) is 11.5 Å². The summed E-state index contributed by atoms with van der Waals surface area (Å²) in [6.45, 7) is 2.24. The number of amides is 2. The number of nitrogens with one attached hydrogen (secondary N) is 1. The summed E-state index contributed by atoms with van der Waals surface area (Å²) in [7, 11) is 0. The van der Waals surface area contributed by atoms with Gasteiger partial charge in [-0.25, -0.2) is 0 Å². The predicted octanol–water partition coefficient (Wildman–Crippen LogP) is 1.81. The minimum absolute atomic E-state index is 0.0679. The third-order valence-electron chi connectivity index (χ3n) is 4.39. The van der Waals surface area contributed by atoms with Gasteiger partial charge in [-0.3, -0.25) is 9.59 Å². The highest BCUT2D eigenvalue weighted by atomic mass is 32.2. The maximum Gasteiger partial charge on any atom is 0.248 e. The monoisotopic (exact) mass is 320 g/mol. The second-order valence-corrected chi connectivity index (χ2v) is 7.32. The first-order chi connectivity index (χ1) is 10.6. The minimum atomic E-state index is -0.407. The van der Waals surface area contributed by atoms with Gasteiger partial charge in [0.1, 0.15) is 6.04 Å². The molecule has 6 nitrogen and oxygen atoms in total. The molecule has 0 aliphatic carbocycles. The Morgan fingerprint density at radius 2 is 2.23 bits per heavy atom. The van der Waals surface area contributed by atoms with Crippen LogP contribution in [0.25, 0.3) is 0 Å². The zero-order chi connectivity index (χ0) is 15.3. The molecule has 3 aliphatic rings. The fourth-order valence-electron chi connectivity index (χ4n) is 3.21. The molecule has 2 saturated heterocycles. The molecule has 1 aromatic rings. The van der Waals surface area contributed by atoms with Gasteiger partial charge in [0.05, 0.1) is 4.87 Å². The Bertz CT molecular complexity index is 665. The number of ether oxygens (including phenoxy) is 2. The average Bonchev–Trinajstić information content (AvgIpc) is 3.15. The molecule has 1 N–H and O–H groups in total. The lowest BCUT2D eigenvalue weighted by molar-refractivity contribution is -0.135. The second kappa shape index (κ2) is 4.81. The van der Waals surface area contributed by atoms with Crippen LogP contribution in [0.15, 0.2) is 18.2 Å². The van der Waals surface area contributed by atoms with E-state index in [2.05, 4.69) is 5.32 Å². The largest absolute Gasteiger partial charge is 0.454 e. The third kappa shape index (κ3) is 2.03. The Hall–Kier alpha value is -1.89. The molecule has 0 unspecified atom stereocenters. The molecule has 0 radical (unpaired) electrons. The molecule has 0 bridgehead atoms. The molecular weight excluding hydrogens is 304 g/mol. The fraction of sp³-hybridized carbons (Fsp3) is 0.467. The van der Waals surface area contributed by atoms with Crippen LogP contribution >= 0.6 is 11.8 Å². The minimum Gasteiger partial charge on any atom is -0.454 e. The van der Waals surface area contributed by atoms with Gasteiger partial charge in [0.2, 0.25) is 18.6 Å². The molecule has 0 spiro atoms. The van der Waals surface area contributed by atoms with Crippen molar-refractivity contribution in [1.82, 2.24) is 4.90 Å². The Labute approximate surface area is 132 Å². The summed E-state index contributed by atoms with van der Waals surface area (Å²) in [5, 5.41) is 2.88. The number of anilines is 1. The van der Waals surface area contributed by atoms with Crippen molar-refractivity contribution < 1.29 is 19.1 Å². The highest BCUT2D eigenvalue weighted by molar-refractivity contribution is 8.01. The molecule has 2 atom stereocenters. The molecular formula is C15H16N2O4S. The van der Waals surface area contributed by atoms with Crippen LogP contribution < -0.4 is 14.8 Å². The number of hydrogen-bond donors (Lipinski definition) is 1. The van der Waals surface area contributed by atoms with Gasteiger partial charge in [0.25, 0.3) is 0 Å². The van der Waals surface area contributed by atoms with Crippen LogP contribution in [0, 0.1) is 0 Å². The topological polar surface area (TPSA) is 67.9 Å². The molecule has 2 amide bonds. The highest BCUT2D eigenvalue weighted by Gasteiger charge is 2.52. The number of fused-ring (bicyclic) bond motifs is 2. The number of nitrogens with zero attached hydrogens (tertiary/aromatic N) is 1. The standard InChI is InChI=1S/C15H16N2O4S/c1-15-5-4-13(18)17(15)10(7-22-15)14(19)16-9-2-3-11-12(6-9)21-8-20-11/h2-3,6,10H,4-5,7-8H2,1H3,(H,16,19)/t10-,15-/m1/s1. The summed E-state index contributed by atoms with van der Waals surface area (Å²) in [6, 6.07) is 4.88. The van der Waals surface area contributed by atoms with Gasteiger partial charge in [-0.15, -0.1) is 11.8 Å². The summed E-state index contributed by atoms with van der Waals surface area (Å²) >= 11 is 1.69. The third-order valence-corrected chi connectivity index (χ3v) is 5.89. The van der Waals surface area contributed by atoms with Gasteiger partial charge in [0, 0.05) is 23.9 Å². The van der Waals surface area contributed by atoms with E-state index in [9.17, 15) is 9.59 Å². The van der Waals surface area contributed by atoms with Crippen molar-refractivity contribution in [2.45, 2.75) is 30.7 Å². The number of benzene rings is 1. The summed E-state index contributed by atoms with van der Waals surface area (Å²) in [5.41, 5.74) is 0.652. The summed E-state index contributed by atoms with van der Waals surface area (Å²) in [5.74, 6) is 1.86. The molecule has 3 heterocycles. The Kier molecular flexibility index (Phi) is 3.00. The molecule has 1 aromatic carbocycles. The van der Waals surface area contributed by atoms with E-state index in [1.807, 2.05) is 6.92 Å². The van der Waals surface area contributed by atoms with Crippen molar-refractivity contribution in [2.24, 2.45) is 0 Å².